The minimum atomic E-state index is 0. The monoisotopic (exact) mass is 240 g/mol. The van der Waals surface area contributed by atoms with Crippen LogP contribution in [0.2, 0.25) is 0 Å². The van der Waals surface area contributed by atoms with Crippen LogP contribution in [0.1, 0.15) is 11.1 Å². The molecule has 0 saturated carbocycles. The van der Waals surface area contributed by atoms with Gasteiger partial charge in [0, 0.05) is 0 Å². The highest BCUT2D eigenvalue weighted by Crippen LogP contribution is 1.98. The second-order valence-corrected chi connectivity index (χ2v) is 3.23. The van der Waals surface area contributed by atoms with Crippen molar-refractivity contribution >= 4 is 23.1 Å². The van der Waals surface area contributed by atoms with Crippen LogP contribution in [0.3, 0.4) is 0 Å². The third kappa shape index (κ3) is 6.33. The Morgan fingerprint density at radius 3 is 1.06 bits per heavy atom. The van der Waals surface area contributed by atoms with Crippen LogP contribution in [0, 0.1) is 0 Å². The molecule has 1 heteroatoms. The Morgan fingerprint density at radius 2 is 0.882 bits per heavy atom. The molecular weight excluding hydrogens is 220 g/mol. The SMILES string of the molecule is C=Cc1ccccc1.C=Cc1ccccc1.[SiH4]. The fourth-order valence-corrected chi connectivity index (χ4v) is 1.18. The number of hydrogen-bond donors (Lipinski definition) is 0. The average molecular weight is 240 g/mol. The molecule has 0 spiro atoms. The maximum absolute atomic E-state index is 3.63. The smallest absolute Gasteiger partial charge is 0.0149 e. The van der Waals surface area contributed by atoms with Gasteiger partial charge in [0.25, 0.3) is 0 Å². The number of hydrogen-bond acceptors (Lipinski definition) is 0. The van der Waals surface area contributed by atoms with Crippen LogP contribution < -0.4 is 0 Å². The predicted molar refractivity (Wildman–Crippen MR) is 84.4 cm³/mol. The van der Waals surface area contributed by atoms with Crippen LogP contribution in [0.4, 0.5) is 0 Å². The fourth-order valence-electron chi connectivity index (χ4n) is 1.18. The summed E-state index contributed by atoms with van der Waals surface area (Å²) in [6.07, 6.45) is 3.67. The molecule has 2 rings (SSSR count). The maximum atomic E-state index is 3.63. The van der Waals surface area contributed by atoms with Crippen molar-refractivity contribution in [3.63, 3.8) is 0 Å². The minimum Gasteiger partial charge on any atom is -0.0985 e. The summed E-state index contributed by atoms with van der Waals surface area (Å²) in [5.74, 6) is 0. The third-order valence-corrected chi connectivity index (χ3v) is 2.07. The lowest BCUT2D eigenvalue weighted by Gasteiger charge is -1.85. The highest BCUT2D eigenvalue weighted by Gasteiger charge is 1.76. The molecule has 0 nitrogen and oxygen atoms in total. The van der Waals surface area contributed by atoms with E-state index >= 15 is 0 Å². The van der Waals surface area contributed by atoms with Gasteiger partial charge in [0.1, 0.15) is 0 Å². The van der Waals surface area contributed by atoms with Crippen LogP contribution >= 0.6 is 0 Å². The van der Waals surface area contributed by atoms with Crippen LogP contribution in [-0.2, 0) is 0 Å². The maximum Gasteiger partial charge on any atom is -0.0149 e. The molecule has 0 aliphatic heterocycles. The standard InChI is InChI=1S/2C8H8.H4Si/c2*1-2-8-6-4-3-5-7-8;/h2*2-7H,1H2;1H4. The predicted octanol–water partition coefficient (Wildman–Crippen LogP) is 3.21. The van der Waals surface area contributed by atoms with Crippen molar-refractivity contribution in [1.82, 2.24) is 0 Å². The van der Waals surface area contributed by atoms with Crippen LogP contribution in [0.15, 0.2) is 73.8 Å². The van der Waals surface area contributed by atoms with E-state index in [1.807, 2.05) is 72.8 Å². The first kappa shape index (κ1) is 15.1. The number of rotatable bonds is 2. The first-order chi connectivity index (χ1) is 7.86. The molecule has 0 aromatic heterocycles. The summed E-state index contributed by atoms with van der Waals surface area (Å²) >= 11 is 0. The zero-order valence-electron chi connectivity index (χ0n) is 9.34. The van der Waals surface area contributed by atoms with Gasteiger partial charge < -0.3 is 0 Å². The Hall–Kier alpha value is -1.86. The molecule has 0 atom stereocenters. The van der Waals surface area contributed by atoms with Crippen molar-refractivity contribution in [3.8, 4) is 0 Å². The summed E-state index contributed by atoms with van der Waals surface area (Å²) in [7, 11) is 0. The molecule has 2 aromatic rings. The average Bonchev–Trinajstić information content (AvgIpc) is 2.41. The Bertz CT molecular complexity index is 374. The van der Waals surface area contributed by atoms with Gasteiger partial charge in [-0.25, -0.2) is 0 Å². The van der Waals surface area contributed by atoms with E-state index in [4.69, 9.17) is 0 Å². The molecule has 2 aromatic carbocycles. The molecule has 88 valence electrons. The van der Waals surface area contributed by atoms with Crippen molar-refractivity contribution in [2.75, 3.05) is 0 Å². The molecule has 0 heterocycles. The first-order valence-electron chi connectivity index (χ1n) is 5.22. The highest BCUT2D eigenvalue weighted by atomic mass is 28.1. The summed E-state index contributed by atoms with van der Waals surface area (Å²) in [4.78, 5) is 0. The zero-order valence-corrected chi connectivity index (χ0v) is 9.34. The zero-order chi connectivity index (χ0) is 11.6. The van der Waals surface area contributed by atoms with E-state index in [0.29, 0.717) is 0 Å². The molecule has 0 N–H and O–H groups in total. The van der Waals surface area contributed by atoms with Crippen molar-refractivity contribution in [2.24, 2.45) is 0 Å². The topological polar surface area (TPSA) is 0 Å². The van der Waals surface area contributed by atoms with Crippen LogP contribution in [0.5, 0.6) is 0 Å². The van der Waals surface area contributed by atoms with Gasteiger partial charge in [-0.05, 0) is 22.1 Å². The van der Waals surface area contributed by atoms with Crippen molar-refractivity contribution < 1.29 is 0 Å². The van der Waals surface area contributed by atoms with Gasteiger partial charge in [-0.2, -0.15) is 0 Å². The van der Waals surface area contributed by atoms with E-state index in [1.165, 1.54) is 11.1 Å². The minimum absolute atomic E-state index is 0. The van der Waals surface area contributed by atoms with E-state index in [0.717, 1.165) is 0 Å². The molecule has 0 aliphatic rings. The largest absolute Gasteiger partial charge is 0.0985 e. The van der Waals surface area contributed by atoms with Gasteiger partial charge in [0.2, 0.25) is 0 Å². The second kappa shape index (κ2) is 9.37. The summed E-state index contributed by atoms with van der Waals surface area (Å²) in [6.45, 7) is 7.26. The van der Waals surface area contributed by atoms with E-state index in [-0.39, 0.29) is 11.0 Å². The fraction of sp³-hybridized carbons (Fsp3) is 0. The Labute approximate surface area is 108 Å². The van der Waals surface area contributed by atoms with Crippen LogP contribution in [-0.4, -0.2) is 11.0 Å². The molecule has 0 saturated heterocycles. The quantitative estimate of drug-likeness (QED) is 0.707. The summed E-state index contributed by atoms with van der Waals surface area (Å²) in [6, 6.07) is 20.1. The Morgan fingerprint density at radius 1 is 0.588 bits per heavy atom. The van der Waals surface area contributed by atoms with Crippen LogP contribution in [0.25, 0.3) is 12.2 Å². The third-order valence-electron chi connectivity index (χ3n) is 2.07. The van der Waals surface area contributed by atoms with Gasteiger partial charge in [-0.3, -0.25) is 0 Å². The lowest BCUT2D eigenvalue weighted by atomic mass is 10.2. The lowest BCUT2D eigenvalue weighted by molar-refractivity contribution is 1.67. The van der Waals surface area contributed by atoms with E-state index < -0.39 is 0 Å². The summed E-state index contributed by atoms with van der Waals surface area (Å²) in [5, 5.41) is 0. The number of benzene rings is 2. The van der Waals surface area contributed by atoms with Gasteiger partial charge in [0.15, 0.2) is 0 Å². The van der Waals surface area contributed by atoms with E-state index in [2.05, 4.69) is 13.2 Å². The summed E-state index contributed by atoms with van der Waals surface area (Å²) in [5.41, 5.74) is 2.35. The van der Waals surface area contributed by atoms with Crippen molar-refractivity contribution in [2.45, 2.75) is 0 Å². The van der Waals surface area contributed by atoms with Gasteiger partial charge in [0.05, 0.1) is 0 Å². The molecule has 0 fully saturated rings. The first-order valence-corrected chi connectivity index (χ1v) is 5.22. The molecule has 0 bridgehead atoms. The molecule has 0 amide bonds. The van der Waals surface area contributed by atoms with Gasteiger partial charge in [-0.1, -0.05) is 86.0 Å². The van der Waals surface area contributed by atoms with Gasteiger partial charge >= 0.3 is 0 Å². The highest BCUT2D eigenvalue weighted by molar-refractivity contribution is 5.75. The molecule has 17 heavy (non-hydrogen) atoms. The molecule has 0 radical (unpaired) electrons. The lowest BCUT2D eigenvalue weighted by Crippen LogP contribution is -1.63. The van der Waals surface area contributed by atoms with E-state index in [1.54, 1.807) is 0 Å². The molecule has 0 unspecified atom stereocenters. The van der Waals surface area contributed by atoms with Crippen molar-refractivity contribution in [3.05, 3.63) is 84.9 Å². The molecular formula is C16H20Si. The Kier molecular flexibility index (Phi) is 8.34. The molecule has 0 aliphatic carbocycles. The summed E-state index contributed by atoms with van der Waals surface area (Å²) < 4.78 is 0. The normalized spacial score (nSPS) is 8.00. The second-order valence-electron chi connectivity index (χ2n) is 3.23. The van der Waals surface area contributed by atoms with Crippen molar-refractivity contribution in [1.29, 1.82) is 0 Å². The Balaban J connectivity index is 0.000000284. The van der Waals surface area contributed by atoms with E-state index in [9.17, 15) is 0 Å². The van der Waals surface area contributed by atoms with Gasteiger partial charge in [-0.15, -0.1) is 0 Å².